The predicted molar refractivity (Wildman–Crippen MR) is 127 cm³/mol. The van der Waals surface area contributed by atoms with Gasteiger partial charge in [-0.25, -0.2) is 19.9 Å². The summed E-state index contributed by atoms with van der Waals surface area (Å²) in [6.07, 6.45) is 15.9. The van der Waals surface area contributed by atoms with E-state index < -0.39 is 0 Å². The molecule has 0 bridgehead atoms. The van der Waals surface area contributed by atoms with Crippen molar-refractivity contribution in [1.29, 1.82) is 0 Å². The summed E-state index contributed by atoms with van der Waals surface area (Å²) in [5.41, 5.74) is 2.03. The van der Waals surface area contributed by atoms with Crippen LogP contribution in [0.3, 0.4) is 0 Å². The maximum atomic E-state index is 6.12. The number of piperidine rings is 1. The third kappa shape index (κ3) is 5.61. The Labute approximate surface area is 193 Å². The van der Waals surface area contributed by atoms with Crippen LogP contribution >= 0.6 is 11.3 Å². The highest BCUT2D eigenvalue weighted by atomic mass is 32.1. The molecule has 2 aliphatic rings. The monoisotopic (exact) mass is 450 g/mol. The second-order valence-electron chi connectivity index (χ2n) is 8.65. The van der Waals surface area contributed by atoms with Crippen LogP contribution in [0.4, 0.5) is 11.1 Å². The fourth-order valence-electron chi connectivity index (χ4n) is 4.39. The summed E-state index contributed by atoms with van der Waals surface area (Å²) in [6, 6.07) is 5.94. The summed E-state index contributed by atoms with van der Waals surface area (Å²) in [5.74, 6) is 1.26. The number of nitrogens with one attached hydrogen (secondary N) is 1. The summed E-state index contributed by atoms with van der Waals surface area (Å²) in [4.78, 5) is 21.6. The highest BCUT2D eigenvalue weighted by Crippen LogP contribution is 2.30. The SMILES string of the molecule is c1cc(OC2CCCCC2)nc(-c2cnc(Nc3ncc(CN4CCCCC4)cn3)s2)c1. The molecular weight excluding hydrogens is 420 g/mol. The molecule has 3 aromatic rings. The molecule has 1 N–H and O–H groups in total. The predicted octanol–water partition coefficient (Wildman–Crippen LogP) is 5.44. The van der Waals surface area contributed by atoms with Crippen LogP contribution in [0.5, 0.6) is 5.88 Å². The van der Waals surface area contributed by atoms with E-state index in [2.05, 4.69) is 25.2 Å². The Bertz CT molecular complexity index is 996. The van der Waals surface area contributed by atoms with Crippen LogP contribution in [-0.2, 0) is 6.54 Å². The number of ether oxygens (including phenoxy) is 1. The van der Waals surface area contributed by atoms with E-state index in [1.807, 2.05) is 36.8 Å². The van der Waals surface area contributed by atoms with Crippen LogP contribution in [0.2, 0.25) is 0 Å². The Hall–Kier alpha value is -2.58. The Morgan fingerprint density at radius 3 is 2.53 bits per heavy atom. The van der Waals surface area contributed by atoms with Crippen molar-refractivity contribution in [3.05, 3.63) is 42.4 Å². The number of thiazole rings is 1. The molecule has 7 nitrogen and oxygen atoms in total. The molecule has 3 aromatic heterocycles. The first kappa shape index (κ1) is 21.3. The third-order valence-corrected chi connectivity index (χ3v) is 7.04. The first-order chi connectivity index (χ1) is 15.8. The van der Waals surface area contributed by atoms with Gasteiger partial charge < -0.3 is 10.1 Å². The van der Waals surface area contributed by atoms with E-state index in [9.17, 15) is 0 Å². The lowest BCUT2D eigenvalue weighted by Gasteiger charge is -2.26. The number of anilines is 2. The summed E-state index contributed by atoms with van der Waals surface area (Å²) in [6.45, 7) is 3.26. The van der Waals surface area contributed by atoms with Crippen molar-refractivity contribution >= 4 is 22.4 Å². The van der Waals surface area contributed by atoms with Gasteiger partial charge in [-0.2, -0.15) is 0 Å². The van der Waals surface area contributed by atoms with Crippen LogP contribution < -0.4 is 10.1 Å². The van der Waals surface area contributed by atoms with Crippen LogP contribution in [-0.4, -0.2) is 44.0 Å². The Morgan fingerprint density at radius 2 is 1.72 bits per heavy atom. The summed E-state index contributed by atoms with van der Waals surface area (Å²) in [5, 5.41) is 3.97. The lowest BCUT2D eigenvalue weighted by Crippen LogP contribution is -2.29. The van der Waals surface area contributed by atoms with Crippen LogP contribution in [0.15, 0.2) is 36.8 Å². The van der Waals surface area contributed by atoms with Gasteiger partial charge in [0.15, 0.2) is 5.13 Å². The van der Waals surface area contributed by atoms with Gasteiger partial charge in [0.2, 0.25) is 11.8 Å². The fourth-order valence-corrected chi connectivity index (χ4v) is 5.17. The van der Waals surface area contributed by atoms with Crippen molar-refractivity contribution in [3.8, 4) is 16.5 Å². The largest absolute Gasteiger partial charge is 0.474 e. The third-order valence-electron chi connectivity index (χ3n) is 6.10. The molecule has 0 unspecified atom stereocenters. The zero-order valence-electron chi connectivity index (χ0n) is 18.4. The molecule has 8 heteroatoms. The minimum atomic E-state index is 0.292. The van der Waals surface area contributed by atoms with Crippen LogP contribution in [0.1, 0.15) is 56.9 Å². The molecule has 4 heterocycles. The van der Waals surface area contributed by atoms with Crippen LogP contribution in [0.25, 0.3) is 10.6 Å². The summed E-state index contributed by atoms with van der Waals surface area (Å²) < 4.78 is 6.12. The topological polar surface area (TPSA) is 76.1 Å². The van der Waals surface area contributed by atoms with Gasteiger partial charge in [0.05, 0.1) is 10.6 Å². The second kappa shape index (κ2) is 10.4. The van der Waals surface area contributed by atoms with Gasteiger partial charge in [0, 0.05) is 36.8 Å². The standard InChI is InChI=1S/C24H30N6OS/c1-3-8-19(9-4-1)31-22-11-7-10-20(28-22)21-16-27-24(32-21)29-23-25-14-18(15-26-23)17-30-12-5-2-6-13-30/h7,10-11,14-16,19H,1-6,8-9,12-13,17H2,(H,25,26,27,29). The zero-order chi connectivity index (χ0) is 21.6. The molecule has 1 aliphatic heterocycles. The van der Waals surface area contributed by atoms with Gasteiger partial charge in [-0.15, -0.1) is 0 Å². The zero-order valence-corrected chi connectivity index (χ0v) is 19.2. The van der Waals surface area contributed by atoms with Gasteiger partial charge in [-0.1, -0.05) is 30.2 Å². The Balaban J connectivity index is 1.20. The van der Waals surface area contributed by atoms with Crippen molar-refractivity contribution in [2.75, 3.05) is 18.4 Å². The summed E-state index contributed by atoms with van der Waals surface area (Å²) >= 11 is 1.54. The first-order valence-electron chi connectivity index (χ1n) is 11.7. The molecule has 0 aromatic carbocycles. The Kier molecular flexibility index (Phi) is 6.89. The number of aromatic nitrogens is 4. The molecule has 0 radical (unpaired) electrons. The van der Waals surface area contributed by atoms with E-state index in [0.29, 0.717) is 17.9 Å². The number of pyridine rings is 1. The molecule has 0 atom stereocenters. The summed E-state index contributed by atoms with van der Waals surface area (Å²) in [7, 11) is 0. The van der Waals surface area contributed by atoms with E-state index in [0.717, 1.165) is 40.7 Å². The molecule has 32 heavy (non-hydrogen) atoms. The van der Waals surface area contributed by atoms with Crippen molar-refractivity contribution in [3.63, 3.8) is 0 Å². The average molecular weight is 451 g/mol. The Morgan fingerprint density at radius 1 is 0.938 bits per heavy atom. The number of likely N-dealkylation sites (tertiary alicyclic amines) is 1. The molecule has 168 valence electrons. The highest BCUT2D eigenvalue weighted by Gasteiger charge is 2.16. The van der Waals surface area contributed by atoms with Crippen molar-refractivity contribution in [2.45, 2.75) is 64.0 Å². The molecule has 0 amide bonds. The molecule has 1 saturated heterocycles. The van der Waals surface area contributed by atoms with Gasteiger partial charge >= 0.3 is 0 Å². The molecular formula is C24H30N6OS. The quantitative estimate of drug-likeness (QED) is 0.514. The second-order valence-corrected chi connectivity index (χ2v) is 9.68. The molecule has 0 spiro atoms. The molecule has 5 rings (SSSR count). The first-order valence-corrected chi connectivity index (χ1v) is 12.5. The van der Waals surface area contributed by atoms with E-state index in [-0.39, 0.29) is 0 Å². The van der Waals surface area contributed by atoms with Gasteiger partial charge in [0.1, 0.15) is 6.10 Å². The van der Waals surface area contributed by atoms with E-state index in [4.69, 9.17) is 9.72 Å². The molecule has 2 fully saturated rings. The van der Waals surface area contributed by atoms with Gasteiger partial charge in [-0.3, -0.25) is 4.90 Å². The average Bonchev–Trinajstić information content (AvgIpc) is 3.31. The number of rotatable bonds is 7. The van der Waals surface area contributed by atoms with E-state index in [1.54, 1.807) is 0 Å². The normalized spacial score (nSPS) is 17.9. The number of nitrogens with zero attached hydrogens (tertiary/aromatic N) is 5. The minimum Gasteiger partial charge on any atom is -0.474 e. The van der Waals surface area contributed by atoms with Gasteiger partial charge in [0.25, 0.3) is 0 Å². The van der Waals surface area contributed by atoms with Crippen molar-refractivity contribution < 1.29 is 4.74 Å². The van der Waals surface area contributed by atoms with E-state index in [1.165, 1.54) is 63.0 Å². The van der Waals surface area contributed by atoms with Crippen LogP contribution in [0, 0.1) is 0 Å². The molecule has 1 saturated carbocycles. The van der Waals surface area contributed by atoms with Crippen molar-refractivity contribution in [1.82, 2.24) is 24.8 Å². The van der Waals surface area contributed by atoms with Crippen molar-refractivity contribution in [2.24, 2.45) is 0 Å². The lowest BCUT2D eigenvalue weighted by molar-refractivity contribution is 0.149. The molecule has 1 aliphatic carbocycles. The van der Waals surface area contributed by atoms with E-state index >= 15 is 0 Å². The number of hydrogen-bond acceptors (Lipinski definition) is 8. The van der Waals surface area contributed by atoms with Gasteiger partial charge in [-0.05, 0) is 57.7 Å². The maximum absolute atomic E-state index is 6.12. The highest BCUT2D eigenvalue weighted by molar-refractivity contribution is 7.18. The number of hydrogen-bond donors (Lipinski definition) is 1. The minimum absolute atomic E-state index is 0.292. The lowest BCUT2D eigenvalue weighted by atomic mass is 9.98. The smallest absolute Gasteiger partial charge is 0.228 e. The fraction of sp³-hybridized carbons (Fsp3) is 0.500. The maximum Gasteiger partial charge on any atom is 0.228 e.